The Bertz CT molecular complexity index is 309. The number of pyridine rings is 1. The van der Waals surface area contributed by atoms with Gasteiger partial charge in [-0.05, 0) is 25.5 Å². The van der Waals surface area contributed by atoms with Crippen molar-refractivity contribution >= 4 is 17.4 Å². The van der Waals surface area contributed by atoms with E-state index in [4.69, 9.17) is 11.6 Å². The number of carbonyl (C=O) groups excluding carboxylic acids is 1. The van der Waals surface area contributed by atoms with E-state index >= 15 is 0 Å². The van der Waals surface area contributed by atoms with Crippen molar-refractivity contribution < 1.29 is 4.79 Å². The first-order valence-electron chi connectivity index (χ1n) is 3.70. The van der Waals surface area contributed by atoms with Crippen LogP contribution >= 0.6 is 11.6 Å². The van der Waals surface area contributed by atoms with Crippen molar-refractivity contribution in [3.8, 4) is 0 Å². The molecule has 1 aromatic rings. The van der Waals surface area contributed by atoms with Gasteiger partial charge >= 0.3 is 0 Å². The van der Waals surface area contributed by atoms with Crippen molar-refractivity contribution in [2.24, 2.45) is 0 Å². The van der Waals surface area contributed by atoms with Crippen LogP contribution in [-0.4, -0.2) is 10.8 Å². The summed E-state index contributed by atoms with van der Waals surface area (Å²) in [6, 6.07) is 1.84. The summed E-state index contributed by atoms with van der Waals surface area (Å²) in [7, 11) is 0. The van der Waals surface area contributed by atoms with Gasteiger partial charge < -0.3 is 0 Å². The van der Waals surface area contributed by atoms with Gasteiger partial charge in [-0.1, -0.05) is 11.6 Å². The first kappa shape index (κ1) is 9.20. The molecule has 0 radical (unpaired) electrons. The number of hydrogen-bond donors (Lipinski definition) is 0. The van der Waals surface area contributed by atoms with Gasteiger partial charge in [0.25, 0.3) is 0 Å². The number of aromatic nitrogens is 1. The lowest BCUT2D eigenvalue weighted by atomic mass is 10.2. The fraction of sp³-hybridized carbons (Fsp3) is 0.333. The topological polar surface area (TPSA) is 30.0 Å². The Kier molecular flexibility index (Phi) is 2.82. The largest absolute Gasteiger partial charge is 0.300 e. The molecule has 0 bridgehead atoms. The molecule has 0 saturated carbocycles. The highest BCUT2D eigenvalue weighted by atomic mass is 35.5. The molecule has 0 amide bonds. The van der Waals surface area contributed by atoms with Gasteiger partial charge in [-0.25, -0.2) is 0 Å². The van der Waals surface area contributed by atoms with E-state index in [0.29, 0.717) is 11.4 Å². The molecule has 0 N–H and O–H groups in total. The summed E-state index contributed by atoms with van der Waals surface area (Å²) in [6.45, 7) is 3.44. The first-order valence-corrected chi connectivity index (χ1v) is 4.08. The van der Waals surface area contributed by atoms with E-state index in [1.165, 1.54) is 0 Å². The maximum absolute atomic E-state index is 10.7. The van der Waals surface area contributed by atoms with E-state index in [0.717, 1.165) is 11.3 Å². The van der Waals surface area contributed by atoms with Gasteiger partial charge in [0.1, 0.15) is 5.78 Å². The molecule has 3 heteroatoms. The van der Waals surface area contributed by atoms with Gasteiger partial charge in [0.05, 0.1) is 5.02 Å². The third-order valence-corrected chi connectivity index (χ3v) is 1.93. The van der Waals surface area contributed by atoms with E-state index in [9.17, 15) is 4.79 Å². The Morgan fingerprint density at radius 2 is 2.33 bits per heavy atom. The normalized spacial score (nSPS) is 9.92. The lowest BCUT2D eigenvalue weighted by molar-refractivity contribution is -0.116. The molecule has 0 saturated heterocycles. The smallest absolute Gasteiger partial charge is 0.135 e. The molecule has 0 aliphatic carbocycles. The molecule has 0 unspecified atom stereocenters. The number of rotatable bonds is 2. The van der Waals surface area contributed by atoms with Gasteiger partial charge in [-0.3, -0.25) is 9.78 Å². The zero-order valence-electron chi connectivity index (χ0n) is 7.10. The summed E-state index contributed by atoms with van der Waals surface area (Å²) in [6.07, 6.45) is 1.97. The molecule has 0 fully saturated rings. The number of nitrogens with zero attached hydrogens (tertiary/aromatic N) is 1. The molecule has 0 aliphatic heterocycles. The summed E-state index contributed by atoms with van der Waals surface area (Å²) in [5.74, 6) is 0.115. The van der Waals surface area contributed by atoms with E-state index in [2.05, 4.69) is 4.98 Å². The summed E-state index contributed by atoms with van der Waals surface area (Å²) >= 11 is 5.77. The van der Waals surface area contributed by atoms with Gasteiger partial charge in [-0.2, -0.15) is 0 Å². The van der Waals surface area contributed by atoms with Crippen LogP contribution in [-0.2, 0) is 11.2 Å². The summed E-state index contributed by atoms with van der Waals surface area (Å²) < 4.78 is 0. The van der Waals surface area contributed by atoms with Crippen LogP contribution in [0.15, 0.2) is 12.3 Å². The lowest BCUT2D eigenvalue weighted by Crippen LogP contribution is -1.99. The molecule has 0 spiro atoms. The van der Waals surface area contributed by atoms with E-state index in [1.54, 1.807) is 13.1 Å². The maximum Gasteiger partial charge on any atom is 0.135 e. The number of aryl methyl sites for hydroxylation is 1. The average molecular weight is 184 g/mol. The molecule has 2 nitrogen and oxygen atoms in total. The first-order chi connectivity index (χ1) is 5.59. The fourth-order valence-corrected chi connectivity index (χ4v) is 1.05. The number of hydrogen-bond acceptors (Lipinski definition) is 2. The second kappa shape index (κ2) is 3.68. The van der Waals surface area contributed by atoms with Crippen molar-refractivity contribution in [2.45, 2.75) is 20.3 Å². The highest BCUT2D eigenvalue weighted by molar-refractivity contribution is 6.31. The van der Waals surface area contributed by atoms with Crippen molar-refractivity contribution in [3.05, 3.63) is 28.5 Å². The monoisotopic (exact) mass is 183 g/mol. The average Bonchev–Trinajstić information content (AvgIpc) is 1.96. The van der Waals surface area contributed by atoms with Crippen LogP contribution in [0.5, 0.6) is 0 Å². The van der Waals surface area contributed by atoms with E-state index in [-0.39, 0.29) is 5.78 Å². The highest BCUT2D eigenvalue weighted by Crippen LogP contribution is 2.13. The molecule has 0 aromatic carbocycles. The molecular formula is C9H10ClNO. The molecule has 0 aliphatic rings. The number of carbonyl (C=O) groups is 1. The van der Waals surface area contributed by atoms with Crippen LogP contribution in [0.4, 0.5) is 0 Å². The summed E-state index contributed by atoms with van der Waals surface area (Å²) in [5.41, 5.74) is 1.74. The van der Waals surface area contributed by atoms with Crippen LogP contribution in [0.3, 0.4) is 0 Å². The number of ketones is 1. The molecule has 1 heterocycles. The van der Waals surface area contributed by atoms with Crippen LogP contribution in [0.2, 0.25) is 5.02 Å². The Balaban J connectivity index is 2.89. The summed E-state index contributed by atoms with van der Waals surface area (Å²) in [5, 5.41) is 0.641. The third kappa shape index (κ3) is 2.31. The maximum atomic E-state index is 10.7. The fourth-order valence-electron chi connectivity index (χ4n) is 0.949. The van der Waals surface area contributed by atoms with Crippen molar-refractivity contribution in [3.63, 3.8) is 0 Å². The van der Waals surface area contributed by atoms with E-state index in [1.807, 2.05) is 13.0 Å². The van der Waals surface area contributed by atoms with Gasteiger partial charge in [0.2, 0.25) is 0 Å². The quantitative estimate of drug-likeness (QED) is 0.704. The molecular weight excluding hydrogens is 174 g/mol. The number of Topliss-reactive ketones (excluding diaryl/α,β-unsaturated/α-hetero) is 1. The molecule has 0 atom stereocenters. The Hall–Kier alpha value is -0.890. The van der Waals surface area contributed by atoms with Gasteiger partial charge in [0.15, 0.2) is 0 Å². The molecule has 1 rings (SSSR count). The zero-order valence-corrected chi connectivity index (χ0v) is 7.85. The van der Waals surface area contributed by atoms with Crippen molar-refractivity contribution in [2.75, 3.05) is 0 Å². The minimum absolute atomic E-state index is 0.115. The Labute approximate surface area is 76.6 Å². The second-order valence-electron chi connectivity index (χ2n) is 2.80. The van der Waals surface area contributed by atoms with Crippen molar-refractivity contribution in [1.82, 2.24) is 4.98 Å². The SMILES string of the molecule is CC(=O)Cc1cc(C)c(Cl)cn1. The Morgan fingerprint density at radius 3 is 2.83 bits per heavy atom. The number of halogens is 1. The second-order valence-corrected chi connectivity index (χ2v) is 3.21. The van der Waals surface area contributed by atoms with Gasteiger partial charge in [0, 0.05) is 18.3 Å². The zero-order chi connectivity index (χ0) is 9.14. The minimum Gasteiger partial charge on any atom is -0.300 e. The lowest BCUT2D eigenvalue weighted by Gasteiger charge is -2.00. The standard InChI is InChI=1S/C9H10ClNO/c1-6-3-8(4-7(2)12)11-5-9(6)10/h3,5H,4H2,1-2H3. The highest BCUT2D eigenvalue weighted by Gasteiger charge is 2.01. The van der Waals surface area contributed by atoms with Gasteiger partial charge in [-0.15, -0.1) is 0 Å². The molecule has 1 aromatic heterocycles. The van der Waals surface area contributed by atoms with E-state index < -0.39 is 0 Å². The molecule has 64 valence electrons. The van der Waals surface area contributed by atoms with Crippen LogP contribution in [0, 0.1) is 6.92 Å². The van der Waals surface area contributed by atoms with Crippen molar-refractivity contribution in [1.29, 1.82) is 0 Å². The van der Waals surface area contributed by atoms with Crippen LogP contribution in [0.1, 0.15) is 18.2 Å². The summed E-state index contributed by atoms with van der Waals surface area (Å²) in [4.78, 5) is 14.8. The Morgan fingerprint density at radius 1 is 1.67 bits per heavy atom. The van der Waals surface area contributed by atoms with Crippen LogP contribution in [0.25, 0.3) is 0 Å². The van der Waals surface area contributed by atoms with Crippen LogP contribution < -0.4 is 0 Å². The predicted octanol–water partition coefficient (Wildman–Crippen LogP) is 2.17. The minimum atomic E-state index is 0.115. The third-order valence-electron chi connectivity index (χ3n) is 1.53. The predicted molar refractivity (Wildman–Crippen MR) is 48.4 cm³/mol. The molecule has 12 heavy (non-hydrogen) atoms.